The fourth-order valence-electron chi connectivity index (χ4n) is 11.6. The molecule has 0 saturated heterocycles. The van der Waals surface area contributed by atoms with E-state index < -0.39 is 0 Å². The minimum atomic E-state index is 0.0992. The molecule has 3 heterocycles. The van der Waals surface area contributed by atoms with Gasteiger partial charge in [-0.25, -0.2) is 0 Å². The molecule has 0 radical (unpaired) electrons. The SMILES string of the molecule is c1ccc2c(c1)oc1cccc(-c3c4ccccc4c(-c4ccc5[se]c6c(-c7c8ccccc8c(-c8cccc9oc%10ccccc%10c89)c8ccccc78)cccc6c5c4)c4ccccc34)c12. The van der Waals surface area contributed by atoms with E-state index in [0.717, 1.165) is 43.9 Å². The average Bonchev–Trinajstić information content (AvgIpc) is 4.09. The maximum absolute atomic E-state index is 6.44. The van der Waals surface area contributed by atoms with E-state index in [1.54, 1.807) is 0 Å². The van der Waals surface area contributed by atoms with Crippen molar-refractivity contribution in [3.8, 4) is 44.5 Å². The Bertz CT molecular complexity index is 4470. The van der Waals surface area contributed by atoms with Crippen LogP contribution in [0.5, 0.6) is 0 Å². The predicted molar refractivity (Wildman–Crippen MR) is 285 cm³/mol. The second-order valence-electron chi connectivity index (χ2n) is 17.7. The number of furan rings is 2. The van der Waals surface area contributed by atoms with Gasteiger partial charge in [-0.2, -0.15) is 0 Å². The first kappa shape index (κ1) is 37.1. The van der Waals surface area contributed by atoms with Crippen molar-refractivity contribution in [1.29, 1.82) is 0 Å². The van der Waals surface area contributed by atoms with E-state index in [1.165, 1.54) is 107 Å². The Morgan fingerprint density at radius 1 is 0.254 bits per heavy atom. The third-order valence-corrected chi connectivity index (χ3v) is 16.8. The third-order valence-electron chi connectivity index (χ3n) is 14.3. The van der Waals surface area contributed by atoms with Gasteiger partial charge in [-0.05, 0) is 6.07 Å². The average molecular weight is 916 g/mol. The maximum atomic E-state index is 6.44. The van der Waals surface area contributed by atoms with Crippen molar-refractivity contribution in [2.24, 2.45) is 0 Å². The number of benzene rings is 12. The Hall–Kier alpha value is -8.20. The van der Waals surface area contributed by atoms with Gasteiger partial charge in [-0.1, -0.05) is 12.1 Å². The van der Waals surface area contributed by atoms with Crippen LogP contribution in [0.4, 0.5) is 0 Å². The molecule has 3 heteroatoms. The van der Waals surface area contributed by atoms with Gasteiger partial charge < -0.3 is 0 Å². The molecule has 0 N–H and O–H groups in total. The number of hydrogen-bond acceptors (Lipinski definition) is 2. The molecule has 0 unspecified atom stereocenters. The van der Waals surface area contributed by atoms with Crippen molar-refractivity contribution < 1.29 is 8.83 Å². The van der Waals surface area contributed by atoms with Gasteiger partial charge in [0.1, 0.15) is 0 Å². The molecule has 0 saturated carbocycles. The van der Waals surface area contributed by atoms with Crippen LogP contribution in [0.25, 0.3) is 151 Å². The van der Waals surface area contributed by atoms with Crippen molar-refractivity contribution in [2.75, 3.05) is 0 Å². The molecule has 310 valence electrons. The van der Waals surface area contributed by atoms with Crippen molar-refractivity contribution >= 4 is 121 Å². The summed E-state index contributed by atoms with van der Waals surface area (Å²) >= 11 is 0.0992. The molecule has 0 aliphatic carbocycles. The standard InChI is InChI=1S/C64H36O2Se/c1-3-18-40-38(16-1)58(39-17-2-4-19-41(39)59(40)49-27-14-32-55-62(49)47-24-9-11-30-53(47)65-55)37-34-35-57-52(36-37)46-26-13-29-51(64(46)67-57)61-44-22-7-5-20-42(44)60(43-21-6-8-23-45(43)61)50-28-15-33-56-63(50)48-25-10-12-31-54(48)66-56/h1-36H. The number of fused-ring (bicyclic) bond motifs is 13. The number of hydrogen-bond donors (Lipinski definition) is 0. The summed E-state index contributed by atoms with van der Waals surface area (Å²) in [6.07, 6.45) is 0. The van der Waals surface area contributed by atoms with Crippen LogP contribution in [0.2, 0.25) is 0 Å². The molecule has 3 aromatic heterocycles. The van der Waals surface area contributed by atoms with Crippen LogP contribution in [0.1, 0.15) is 0 Å². The Kier molecular flexibility index (Phi) is 7.83. The summed E-state index contributed by atoms with van der Waals surface area (Å²) in [5.74, 6) is 0. The summed E-state index contributed by atoms with van der Waals surface area (Å²) in [6.45, 7) is 0. The first-order valence-corrected chi connectivity index (χ1v) is 24.6. The van der Waals surface area contributed by atoms with Gasteiger partial charge in [0.2, 0.25) is 0 Å². The van der Waals surface area contributed by atoms with E-state index >= 15 is 0 Å². The van der Waals surface area contributed by atoms with Crippen molar-refractivity contribution in [3.05, 3.63) is 218 Å². The van der Waals surface area contributed by atoms with Crippen LogP contribution < -0.4 is 0 Å². The van der Waals surface area contributed by atoms with E-state index in [4.69, 9.17) is 8.83 Å². The Balaban J connectivity index is 0.965. The van der Waals surface area contributed by atoms with Crippen LogP contribution in [0.15, 0.2) is 227 Å². The predicted octanol–water partition coefficient (Wildman–Crippen LogP) is 18.1. The molecule has 2 nitrogen and oxygen atoms in total. The van der Waals surface area contributed by atoms with Gasteiger partial charge in [0.25, 0.3) is 0 Å². The molecule has 0 bridgehead atoms. The van der Waals surface area contributed by atoms with Gasteiger partial charge in [0.15, 0.2) is 0 Å². The van der Waals surface area contributed by atoms with Gasteiger partial charge in [0.05, 0.1) is 0 Å². The zero-order chi connectivity index (χ0) is 43.7. The van der Waals surface area contributed by atoms with Crippen LogP contribution in [0.3, 0.4) is 0 Å². The molecule has 0 aliphatic rings. The van der Waals surface area contributed by atoms with E-state index in [9.17, 15) is 0 Å². The molecule has 0 aliphatic heterocycles. The van der Waals surface area contributed by atoms with Crippen molar-refractivity contribution in [3.63, 3.8) is 0 Å². The molecular weight excluding hydrogens is 880 g/mol. The minimum absolute atomic E-state index is 0.0992. The van der Waals surface area contributed by atoms with Gasteiger partial charge in [-0.15, -0.1) is 0 Å². The van der Waals surface area contributed by atoms with Crippen molar-refractivity contribution in [1.82, 2.24) is 0 Å². The monoisotopic (exact) mass is 916 g/mol. The quantitative estimate of drug-likeness (QED) is 0.130. The second-order valence-corrected chi connectivity index (χ2v) is 19.9. The summed E-state index contributed by atoms with van der Waals surface area (Å²) in [5, 5.41) is 17.3. The molecule has 15 aromatic rings. The zero-order valence-electron chi connectivity index (χ0n) is 36.0. The van der Waals surface area contributed by atoms with Gasteiger partial charge in [0, 0.05) is 0 Å². The van der Waals surface area contributed by atoms with Crippen LogP contribution in [-0.4, -0.2) is 14.5 Å². The zero-order valence-corrected chi connectivity index (χ0v) is 37.7. The molecule has 0 fully saturated rings. The van der Waals surface area contributed by atoms with E-state index in [-0.39, 0.29) is 14.5 Å². The number of para-hydroxylation sites is 2. The second kappa shape index (κ2) is 14.1. The fraction of sp³-hybridized carbons (Fsp3) is 0. The van der Waals surface area contributed by atoms with Crippen molar-refractivity contribution in [2.45, 2.75) is 0 Å². The molecule has 12 aromatic carbocycles. The fourth-order valence-corrected chi connectivity index (χ4v) is 14.1. The van der Waals surface area contributed by atoms with Crippen LogP contribution in [0, 0.1) is 0 Å². The Labute approximate surface area is 390 Å². The van der Waals surface area contributed by atoms with Gasteiger partial charge >= 0.3 is 374 Å². The van der Waals surface area contributed by atoms with E-state index in [2.05, 4.69) is 212 Å². The van der Waals surface area contributed by atoms with E-state index in [0.29, 0.717) is 0 Å². The molecule has 67 heavy (non-hydrogen) atoms. The van der Waals surface area contributed by atoms with E-state index in [1.807, 2.05) is 6.07 Å². The summed E-state index contributed by atoms with van der Waals surface area (Å²) in [4.78, 5) is 0. The Morgan fingerprint density at radius 3 is 1.09 bits per heavy atom. The molecule has 15 rings (SSSR count). The molecule has 0 amide bonds. The topological polar surface area (TPSA) is 26.3 Å². The summed E-state index contributed by atoms with van der Waals surface area (Å²) < 4.78 is 15.7. The Morgan fingerprint density at radius 2 is 0.612 bits per heavy atom. The van der Waals surface area contributed by atoms with Crippen LogP contribution in [-0.2, 0) is 0 Å². The first-order chi connectivity index (χ1) is 33.3. The third kappa shape index (κ3) is 5.27. The summed E-state index contributed by atoms with van der Waals surface area (Å²) in [5.41, 5.74) is 13.7. The molecule has 0 atom stereocenters. The molecule has 0 spiro atoms. The summed E-state index contributed by atoms with van der Waals surface area (Å²) in [6, 6.07) is 80.2. The summed E-state index contributed by atoms with van der Waals surface area (Å²) in [7, 11) is 0. The normalized spacial score (nSPS) is 12.2. The first-order valence-electron chi connectivity index (χ1n) is 22.9. The van der Waals surface area contributed by atoms with Crippen LogP contribution >= 0.6 is 0 Å². The number of rotatable bonds is 4. The molecular formula is C64H36O2Se. The van der Waals surface area contributed by atoms with Gasteiger partial charge in [-0.3, -0.25) is 0 Å².